The van der Waals surface area contributed by atoms with Crippen molar-refractivity contribution < 1.29 is 29.9 Å². The largest absolute Gasteiger partial charge is 0.394 e. The van der Waals surface area contributed by atoms with E-state index in [1.807, 2.05) is 30.3 Å². The number of hydrogen-bond donors (Lipinski definition) is 4. The molecule has 1 saturated heterocycles. The van der Waals surface area contributed by atoms with Crippen molar-refractivity contribution in [2.45, 2.75) is 37.3 Å². The van der Waals surface area contributed by atoms with Crippen LogP contribution in [-0.2, 0) is 16.1 Å². The quantitative estimate of drug-likeness (QED) is 0.560. The van der Waals surface area contributed by atoms with E-state index >= 15 is 0 Å². The summed E-state index contributed by atoms with van der Waals surface area (Å²) in [5.74, 6) is 0. The van der Waals surface area contributed by atoms with Crippen LogP contribution in [0.1, 0.15) is 5.56 Å². The Balaban J connectivity index is 2.00. The second kappa shape index (κ2) is 6.42. The Morgan fingerprint density at radius 1 is 1.05 bits per heavy atom. The molecule has 2 rings (SSSR count). The van der Waals surface area contributed by atoms with Gasteiger partial charge in [-0.3, -0.25) is 0 Å². The Labute approximate surface area is 110 Å². The van der Waals surface area contributed by atoms with Gasteiger partial charge in [0, 0.05) is 0 Å². The molecule has 19 heavy (non-hydrogen) atoms. The maximum atomic E-state index is 9.86. The van der Waals surface area contributed by atoms with Crippen LogP contribution in [0.5, 0.6) is 0 Å². The minimum atomic E-state index is -1.52. The SMILES string of the molecule is OC[C@@H]1O[C@@H](O)[C@H](O)[C@@H](O)[C@H]1OCc1ccccc1. The molecule has 0 bridgehead atoms. The molecule has 0 aromatic heterocycles. The molecule has 0 amide bonds. The summed E-state index contributed by atoms with van der Waals surface area (Å²) in [6.07, 6.45) is -6.07. The van der Waals surface area contributed by atoms with Crippen LogP contribution in [0.4, 0.5) is 0 Å². The normalized spacial score (nSPS) is 35.3. The molecule has 1 fully saturated rings. The molecular weight excluding hydrogens is 252 g/mol. The van der Waals surface area contributed by atoms with Gasteiger partial charge in [-0.1, -0.05) is 30.3 Å². The minimum absolute atomic E-state index is 0.214. The fourth-order valence-corrected chi connectivity index (χ4v) is 2.04. The molecule has 1 aromatic carbocycles. The van der Waals surface area contributed by atoms with E-state index in [1.54, 1.807) is 0 Å². The number of ether oxygens (including phenoxy) is 2. The van der Waals surface area contributed by atoms with Crippen LogP contribution in [0.25, 0.3) is 0 Å². The summed E-state index contributed by atoms with van der Waals surface area (Å²) >= 11 is 0. The zero-order valence-corrected chi connectivity index (χ0v) is 10.3. The van der Waals surface area contributed by atoms with E-state index in [1.165, 1.54) is 0 Å². The topological polar surface area (TPSA) is 99.4 Å². The van der Waals surface area contributed by atoms with Crippen molar-refractivity contribution in [2.24, 2.45) is 0 Å². The molecule has 0 saturated carbocycles. The van der Waals surface area contributed by atoms with Crippen LogP contribution in [0, 0.1) is 0 Å². The summed E-state index contributed by atoms with van der Waals surface area (Å²) in [5.41, 5.74) is 0.895. The lowest BCUT2D eigenvalue weighted by molar-refractivity contribution is -0.295. The van der Waals surface area contributed by atoms with Crippen molar-refractivity contribution in [3.05, 3.63) is 35.9 Å². The molecule has 1 aromatic rings. The highest BCUT2D eigenvalue weighted by molar-refractivity contribution is 5.13. The molecule has 1 aliphatic rings. The highest BCUT2D eigenvalue weighted by Crippen LogP contribution is 2.23. The molecule has 106 valence electrons. The summed E-state index contributed by atoms with van der Waals surface area (Å²) in [7, 11) is 0. The molecular formula is C13H18O6. The Morgan fingerprint density at radius 3 is 2.37 bits per heavy atom. The van der Waals surface area contributed by atoms with Gasteiger partial charge in [-0.05, 0) is 5.56 Å². The smallest absolute Gasteiger partial charge is 0.184 e. The van der Waals surface area contributed by atoms with Gasteiger partial charge in [0.05, 0.1) is 13.2 Å². The summed E-state index contributed by atoms with van der Waals surface area (Å²) in [4.78, 5) is 0. The molecule has 0 radical (unpaired) electrons. The van der Waals surface area contributed by atoms with E-state index in [0.29, 0.717) is 0 Å². The maximum Gasteiger partial charge on any atom is 0.184 e. The van der Waals surface area contributed by atoms with Gasteiger partial charge in [0.2, 0.25) is 0 Å². The van der Waals surface area contributed by atoms with Crippen molar-refractivity contribution in [1.29, 1.82) is 0 Å². The molecule has 0 unspecified atom stereocenters. The van der Waals surface area contributed by atoms with Crippen LogP contribution in [-0.4, -0.2) is 57.7 Å². The van der Waals surface area contributed by atoms with Crippen LogP contribution in [0.3, 0.4) is 0 Å². The average Bonchev–Trinajstić information content (AvgIpc) is 2.44. The molecule has 6 heteroatoms. The Kier molecular flexibility index (Phi) is 4.87. The van der Waals surface area contributed by atoms with Crippen molar-refractivity contribution >= 4 is 0 Å². The van der Waals surface area contributed by atoms with E-state index in [0.717, 1.165) is 5.56 Å². The Morgan fingerprint density at radius 2 is 1.74 bits per heavy atom. The average molecular weight is 270 g/mol. The van der Waals surface area contributed by atoms with Gasteiger partial charge < -0.3 is 29.9 Å². The van der Waals surface area contributed by atoms with E-state index in [4.69, 9.17) is 9.47 Å². The van der Waals surface area contributed by atoms with E-state index in [2.05, 4.69) is 0 Å². The van der Waals surface area contributed by atoms with Gasteiger partial charge in [-0.2, -0.15) is 0 Å². The lowest BCUT2D eigenvalue weighted by Crippen LogP contribution is -2.59. The second-order valence-corrected chi connectivity index (χ2v) is 4.49. The first-order valence-electron chi connectivity index (χ1n) is 6.09. The first kappa shape index (κ1) is 14.4. The summed E-state index contributed by atoms with van der Waals surface area (Å²) < 4.78 is 10.5. The molecule has 1 heterocycles. The van der Waals surface area contributed by atoms with Crippen molar-refractivity contribution in [3.8, 4) is 0 Å². The highest BCUT2D eigenvalue weighted by atomic mass is 16.6. The summed E-state index contributed by atoms with van der Waals surface area (Å²) in [6, 6.07) is 9.30. The van der Waals surface area contributed by atoms with Gasteiger partial charge in [0.15, 0.2) is 6.29 Å². The van der Waals surface area contributed by atoms with Gasteiger partial charge in [-0.25, -0.2) is 0 Å². The molecule has 1 aliphatic heterocycles. The third kappa shape index (κ3) is 3.30. The predicted molar refractivity (Wildman–Crippen MR) is 65.0 cm³/mol. The van der Waals surface area contributed by atoms with Crippen LogP contribution in [0.2, 0.25) is 0 Å². The first-order chi connectivity index (χ1) is 9.13. The molecule has 0 spiro atoms. The first-order valence-corrected chi connectivity index (χ1v) is 6.09. The molecule has 5 atom stereocenters. The monoisotopic (exact) mass is 270 g/mol. The Bertz CT molecular complexity index is 382. The highest BCUT2D eigenvalue weighted by Gasteiger charge is 2.44. The number of aliphatic hydroxyl groups excluding tert-OH is 4. The van der Waals surface area contributed by atoms with Crippen LogP contribution < -0.4 is 0 Å². The number of aliphatic hydroxyl groups is 4. The molecule has 4 N–H and O–H groups in total. The predicted octanol–water partition coefficient (Wildman–Crippen LogP) is -0.997. The number of benzene rings is 1. The van der Waals surface area contributed by atoms with Gasteiger partial charge in [0.25, 0.3) is 0 Å². The van der Waals surface area contributed by atoms with Crippen molar-refractivity contribution in [1.82, 2.24) is 0 Å². The lowest BCUT2D eigenvalue weighted by atomic mass is 9.99. The van der Waals surface area contributed by atoms with Crippen molar-refractivity contribution in [2.75, 3.05) is 6.61 Å². The second-order valence-electron chi connectivity index (χ2n) is 4.49. The summed E-state index contributed by atoms with van der Waals surface area (Å²) in [5, 5.41) is 37.9. The molecule has 0 aliphatic carbocycles. The van der Waals surface area contributed by atoms with Gasteiger partial charge in [0.1, 0.15) is 24.4 Å². The Hall–Kier alpha value is -1.02. The van der Waals surface area contributed by atoms with Gasteiger partial charge >= 0.3 is 0 Å². The van der Waals surface area contributed by atoms with Crippen LogP contribution >= 0.6 is 0 Å². The maximum absolute atomic E-state index is 9.86. The zero-order chi connectivity index (χ0) is 13.8. The number of hydrogen-bond acceptors (Lipinski definition) is 6. The summed E-state index contributed by atoms with van der Waals surface area (Å²) in [6.45, 7) is -0.203. The van der Waals surface area contributed by atoms with E-state index in [-0.39, 0.29) is 6.61 Å². The molecule has 6 nitrogen and oxygen atoms in total. The van der Waals surface area contributed by atoms with E-state index < -0.39 is 37.3 Å². The third-order valence-corrected chi connectivity index (χ3v) is 3.12. The lowest BCUT2D eigenvalue weighted by Gasteiger charge is -2.39. The van der Waals surface area contributed by atoms with E-state index in [9.17, 15) is 20.4 Å². The van der Waals surface area contributed by atoms with Crippen molar-refractivity contribution in [3.63, 3.8) is 0 Å². The minimum Gasteiger partial charge on any atom is -0.394 e. The zero-order valence-electron chi connectivity index (χ0n) is 10.3. The third-order valence-electron chi connectivity index (χ3n) is 3.12. The number of rotatable bonds is 4. The standard InChI is InChI=1S/C13H18O6/c14-6-9-12(10(15)11(16)13(17)19-9)18-7-8-4-2-1-3-5-8/h1-5,9-17H,6-7H2/t9-,10+,11+,12-,13+/m0/s1. The fraction of sp³-hybridized carbons (Fsp3) is 0.538. The van der Waals surface area contributed by atoms with Gasteiger partial charge in [-0.15, -0.1) is 0 Å². The fourth-order valence-electron chi connectivity index (χ4n) is 2.04. The van der Waals surface area contributed by atoms with Crippen LogP contribution in [0.15, 0.2) is 30.3 Å².